The number of rotatable bonds is 5. The van der Waals surface area contributed by atoms with Gasteiger partial charge in [0.2, 0.25) is 5.95 Å². The van der Waals surface area contributed by atoms with E-state index in [2.05, 4.69) is 34.9 Å². The van der Waals surface area contributed by atoms with Gasteiger partial charge in [0.1, 0.15) is 0 Å². The van der Waals surface area contributed by atoms with Crippen LogP contribution in [0.2, 0.25) is 0 Å². The lowest BCUT2D eigenvalue weighted by molar-refractivity contribution is 0.265. The SMILES string of the molecule is CCCNc1nccn1CC1CCC(C)CC1. The second-order valence-corrected chi connectivity index (χ2v) is 5.46. The molecule has 96 valence electrons. The lowest BCUT2D eigenvalue weighted by atomic mass is 9.83. The molecule has 2 rings (SSSR count). The van der Waals surface area contributed by atoms with Crippen LogP contribution in [0.3, 0.4) is 0 Å². The predicted molar refractivity (Wildman–Crippen MR) is 72.1 cm³/mol. The van der Waals surface area contributed by atoms with Gasteiger partial charge in [-0.1, -0.05) is 26.7 Å². The van der Waals surface area contributed by atoms with Gasteiger partial charge >= 0.3 is 0 Å². The number of imidazole rings is 1. The molecule has 1 fully saturated rings. The number of anilines is 1. The third-order valence-corrected chi connectivity index (χ3v) is 3.84. The third-order valence-electron chi connectivity index (χ3n) is 3.84. The van der Waals surface area contributed by atoms with Crippen LogP contribution in [0.4, 0.5) is 5.95 Å². The predicted octanol–water partition coefficient (Wildman–Crippen LogP) is 3.53. The van der Waals surface area contributed by atoms with Crippen molar-refractivity contribution in [1.82, 2.24) is 9.55 Å². The summed E-state index contributed by atoms with van der Waals surface area (Å²) >= 11 is 0. The minimum Gasteiger partial charge on any atom is -0.356 e. The number of nitrogens with zero attached hydrogens (tertiary/aromatic N) is 2. The zero-order valence-corrected chi connectivity index (χ0v) is 11.2. The van der Waals surface area contributed by atoms with Gasteiger partial charge < -0.3 is 9.88 Å². The summed E-state index contributed by atoms with van der Waals surface area (Å²) in [6.07, 6.45) is 10.7. The van der Waals surface area contributed by atoms with Gasteiger partial charge in [-0.15, -0.1) is 0 Å². The van der Waals surface area contributed by atoms with Crippen LogP contribution in [-0.4, -0.2) is 16.1 Å². The van der Waals surface area contributed by atoms with Gasteiger partial charge in [-0.3, -0.25) is 0 Å². The zero-order valence-electron chi connectivity index (χ0n) is 11.2. The molecule has 0 aliphatic heterocycles. The van der Waals surface area contributed by atoms with E-state index in [0.29, 0.717) is 0 Å². The summed E-state index contributed by atoms with van der Waals surface area (Å²) in [5.74, 6) is 2.83. The Labute approximate surface area is 105 Å². The standard InChI is InChI=1S/C14H25N3/c1-3-8-15-14-16-9-10-17(14)11-13-6-4-12(2)5-7-13/h9-10,12-13H,3-8,11H2,1-2H3,(H,15,16). The molecule has 1 aromatic rings. The van der Waals surface area contributed by atoms with E-state index in [9.17, 15) is 0 Å². The molecule has 1 saturated carbocycles. The van der Waals surface area contributed by atoms with Crippen LogP contribution in [0.1, 0.15) is 46.0 Å². The van der Waals surface area contributed by atoms with Crippen molar-refractivity contribution >= 4 is 5.95 Å². The molecule has 0 saturated heterocycles. The highest BCUT2D eigenvalue weighted by Crippen LogP contribution is 2.29. The average molecular weight is 235 g/mol. The summed E-state index contributed by atoms with van der Waals surface area (Å²) in [6, 6.07) is 0. The van der Waals surface area contributed by atoms with Crippen LogP contribution in [0, 0.1) is 11.8 Å². The average Bonchev–Trinajstić information content (AvgIpc) is 2.77. The Balaban J connectivity index is 1.87. The Bertz CT molecular complexity index is 324. The second-order valence-electron chi connectivity index (χ2n) is 5.46. The Morgan fingerprint density at radius 3 is 2.82 bits per heavy atom. The topological polar surface area (TPSA) is 29.9 Å². The summed E-state index contributed by atoms with van der Waals surface area (Å²) in [5, 5.41) is 3.39. The first-order chi connectivity index (χ1) is 8.29. The van der Waals surface area contributed by atoms with Crippen LogP contribution in [0.25, 0.3) is 0 Å². The van der Waals surface area contributed by atoms with Gasteiger partial charge in [0.15, 0.2) is 0 Å². The molecule has 3 nitrogen and oxygen atoms in total. The van der Waals surface area contributed by atoms with E-state index in [0.717, 1.165) is 37.3 Å². The van der Waals surface area contributed by atoms with Crippen molar-refractivity contribution < 1.29 is 0 Å². The van der Waals surface area contributed by atoms with Gasteiger partial charge in [0, 0.05) is 25.5 Å². The largest absolute Gasteiger partial charge is 0.356 e. The summed E-state index contributed by atoms with van der Waals surface area (Å²) in [7, 11) is 0. The van der Waals surface area contributed by atoms with E-state index < -0.39 is 0 Å². The van der Waals surface area contributed by atoms with Crippen molar-refractivity contribution in [1.29, 1.82) is 0 Å². The zero-order chi connectivity index (χ0) is 12.1. The fraction of sp³-hybridized carbons (Fsp3) is 0.786. The van der Waals surface area contributed by atoms with Crippen LogP contribution in [0.15, 0.2) is 12.4 Å². The third kappa shape index (κ3) is 3.48. The van der Waals surface area contributed by atoms with Gasteiger partial charge in [-0.25, -0.2) is 4.98 Å². The fourth-order valence-corrected chi connectivity index (χ4v) is 2.65. The molecule has 1 N–H and O–H groups in total. The van der Waals surface area contributed by atoms with Crippen LogP contribution < -0.4 is 5.32 Å². The lowest BCUT2D eigenvalue weighted by Crippen LogP contribution is -2.18. The molecule has 0 amide bonds. The monoisotopic (exact) mass is 235 g/mol. The highest BCUT2D eigenvalue weighted by molar-refractivity contribution is 5.25. The van der Waals surface area contributed by atoms with Crippen molar-refractivity contribution in [2.24, 2.45) is 11.8 Å². The fourth-order valence-electron chi connectivity index (χ4n) is 2.65. The van der Waals surface area contributed by atoms with Crippen molar-refractivity contribution in [3.8, 4) is 0 Å². The van der Waals surface area contributed by atoms with E-state index in [-0.39, 0.29) is 0 Å². The Morgan fingerprint density at radius 1 is 1.35 bits per heavy atom. The summed E-state index contributed by atoms with van der Waals surface area (Å²) in [4.78, 5) is 4.39. The maximum Gasteiger partial charge on any atom is 0.202 e. The van der Waals surface area contributed by atoms with Gasteiger partial charge in [0.05, 0.1) is 0 Å². The van der Waals surface area contributed by atoms with E-state index in [1.807, 2.05) is 6.20 Å². The van der Waals surface area contributed by atoms with Crippen molar-refractivity contribution in [3.63, 3.8) is 0 Å². The number of nitrogens with one attached hydrogen (secondary N) is 1. The number of aromatic nitrogens is 2. The van der Waals surface area contributed by atoms with Crippen LogP contribution >= 0.6 is 0 Å². The molecule has 0 atom stereocenters. The minimum absolute atomic E-state index is 0.850. The minimum atomic E-state index is 0.850. The first-order valence-electron chi connectivity index (χ1n) is 7.04. The molecule has 0 unspecified atom stereocenters. The molecule has 17 heavy (non-hydrogen) atoms. The molecule has 1 heterocycles. The highest BCUT2D eigenvalue weighted by atomic mass is 15.2. The van der Waals surface area contributed by atoms with E-state index in [1.54, 1.807) is 0 Å². The first-order valence-corrected chi connectivity index (χ1v) is 7.04. The highest BCUT2D eigenvalue weighted by Gasteiger charge is 2.19. The molecular weight excluding hydrogens is 210 g/mol. The quantitative estimate of drug-likeness (QED) is 0.846. The summed E-state index contributed by atoms with van der Waals surface area (Å²) in [5.41, 5.74) is 0. The Morgan fingerprint density at radius 2 is 2.12 bits per heavy atom. The van der Waals surface area contributed by atoms with Gasteiger partial charge in [-0.05, 0) is 31.1 Å². The van der Waals surface area contributed by atoms with Gasteiger partial charge in [0.25, 0.3) is 0 Å². The number of hydrogen-bond donors (Lipinski definition) is 1. The van der Waals surface area contributed by atoms with Crippen molar-refractivity contribution in [3.05, 3.63) is 12.4 Å². The Hall–Kier alpha value is -0.990. The van der Waals surface area contributed by atoms with Gasteiger partial charge in [-0.2, -0.15) is 0 Å². The molecule has 0 radical (unpaired) electrons. The number of hydrogen-bond acceptors (Lipinski definition) is 2. The molecule has 0 bridgehead atoms. The second kappa shape index (κ2) is 6.08. The molecule has 3 heteroatoms. The molecular formula is C14H25N3. The molecule has 1 aliphatic carbocycles. The molecule has 0 spiro atoms. The van der Waals surface area contributed by atoms with Crippen molar-refractivity contribution in [2.45, 2.75) is 52.5 Å². The summed E-state index contributed by atoms with van der Waals surface area (Å²) < 4.78 is 2.29. The molecule has 0 aromatic carbocycles. The summed E-state index contributed by atoms with van der Waals surface area (Å²) in [6.45, 7) is 6.71. The smallest absolute Gasteiger partial charge is 0.202 e. The van der Waals surface area contributed by atoms with Crippen LogP contribution in [-0.2, 0) is 6.54 Å². The molecule has 1 aliphatic rings. The van der Waals surface area contributed by atoms with Crippen LogP contribution in [0.5, 0.6) is 0 Å². The maximum absolute atomic E-state index is 4.39. The Kier molecular flexibility index (Phi) is 4.46. The first kappa shape index (κ1) is 12.5. The normalized spacial score (nSPS) is 24.8. The van der Waals surface area contributed by atoms with E-state index >= 15 is 0 Å². The molecule has 1 aromatic heterocycles. The van der Waals surface area contributed by atoms with E-state index in [4.69, 9.17) is 0 Å². The van der Waals surface area contributed by atoms with E-state index in [1.165, 1.54) is 25.7 Å². The lowest BCUT2D eigenvalue weighted by Gasteiger charge is -2.26. The maximum atomic E-state index is 4.39. The van der Waals surface area contributed by atoms with Crippen molar-refractivity contribution in [2.75, 3.05) is 11.9 Å².